The van der Waals surface area contributed by atoms with Crippen LogP contribution in [-0.4, -0.2) is 19.3 Å². The quantitative estimate of drug-likeness (QED) is 0.391. The van der Waals surface area contributed by atoms with Gasteiger partial charge < -0.3 is 9.47 Å². The highest BCUT2D eigenvalue weighted by Gasteiger charge is 2.25. The molecular weight excluding hydrogens is 361 g/mol. The second-order valence-electron chi connectivity index (χ2n) is 4.87. The van der Waals surface area contributed by atoms with Crippen LogP contribution in [0.2, 0.25) is 15.1 Å². The van der Waals surface area contributed by atoms with E-state index in [1.165, 1.54) is 0 Å². The smallest absolute Gasteiger partial charge is 0.169 e. The molecule has 0 bridgehead atoms. The van der Waals surface area contributed by atoms with E-state index in [0.717, 1.165) is 5.56 Å². The van der Waals surface area contributed by atoms with Gasteiger partial charge >= 0.3 is 0 Å². The normalized spacial score (nSPS) is 15.9. The number of azide groups is 1. The maximum atomic E-state index is 8.44. The Morgan fingerprint density at radius 3 is 2.70 bits per heavy atom. The maximum Gasteiger partial charge on any atom is 0.169 e. The van der Waals surface area contributed by atoms with E-state index >= 15 is 0 Å². The largest absolute Gasteiger partial charge is 0.486 e. The fourth-order valence-corrected chi connectivity index (χ4v) is 3.02. The summed E-state index contributed by atoms with van der Waals surface area (Å²) in [6.45, 7) is 0.451. The molecule has 0 saturated heterocycles. The van der Waals surface area contributed by atoms with Crippen molar-refractivity contribution in [3.63, 3.8) is 0 Å². The van der Waals surface area contributed by atoms with E-state index in [9.17, 15) is 0 Å². The molecule has 1 heterocycles. The lowest BCUT2D eigenvalue weighted by Crippen LogP contribution is -2.31. The van der Waals surface area contributed by atoms with Crippen LogP contribution in [-0.2, 0) is 0 Å². The molecule has 23 heavy (non-hydrogen) atoms. The molecule has 8 heteroatoms. The topological polar surface area (TPSA) is 67.2 Å². The van der Waals surface area contributed by atoms with Gasteiger partial charge in [-0.3, -0.25) is 0 Å². The fraction of sp³-hybridized carbons (Fsp3) is 0.200. The van der Waals surface area contributed by atoms with Crippen molar-refractivity contribution in [2.24, 2.45) is 5.11 Å². The molecule has 3 rings (SSSR count). The number of hydrogen-bond donors (Lipinski definition) is 0. The molecule has 1 aliphatic heterocycles. The molecule has 2 aromatic carbocycles. The average Bonchev–Trinajstić information content (AvgIpc) is 2.52. The molecule has 0 unspecified atom stereocenters. The number of fused-ring (bicyclic) bond motifs is 1. The van der Waals surface area contributed by atoms with E-state index < -0.39 is 0 Å². The molecule has 0 N–H and O–H groups in total. The van der Waals surface area contributed by atoms with E-state index in [0.29, 0.717) is 32.1 Å². The summed E-state index contributed by atoms with van der Waals surface area (Å²) in [4.78, 5) is 2.74. The molecule has 0 amide bonds. The van der Waals surface area contributed by atoms with E-state index in [1.54, 1.807) is 30.3 Å². The lowest BCUT2D eigenvalue weighted by atomic mass is 10.0. The van der Waals surface area contributed by atoms with Gasteiger partial charge in [-0.1, -0.05) is 46.0 Å². The first-order valence-corrected chi connectivity index (χ1v) is 7.81. The molecule has 0 fully saturated rings. The van der Waals surface area contributed by atoms with E-state index in [4.69, 9.17) is 49.8 Å². The summed E-state index contributed by atoms with van der Waals surface area (Å²) in [5, 5.41) is 5.04. The first kappa shape index (κ1) is 16.1. The zero-order valence-electron chi connectivity index (χ0n) is 11.7. The predicted molar refractivity (Wildman–Crippen MR) is 90.8 cm³/mol. The van der Waals surface area contributed by atoms with Crippen LogP contribution < -0.4 is 9.47 Å². The van der Waals surface area contributed by atoms with Crippen LogP contribution in [0.3, 0.4) is 0 Å². The lowest BCUT2D eigenvalue weighted by molar-refractivity contribution is 0.0977. The van der Waals surface area contributed by atoms with Crippen LogP contribution in [0.5, 0.6) is 11.5 Å². The van der Waals surface area contributed by atoms with Gasteiger partial charge in [-0.05, 0) is 23.7 Å². The van der Waals surface area contributed by atoms with Crippen LogP contribution >= 0.6 is 34.8 Å². The van der Waals surface area contributed by atoms with Gasteiger partial charge in [0, 0.05) is 32.2 Å². The second kappa shape index (κ2) is 6.77. The molecular formula is C15H10Cl3N3O2. The van der Waals surface area contributed by atoms with Crippen molar-refractivity contribution in [1.82, 2.24) is 0 Å². The third kappa shape index (κ3) is 3.43. The first-order valence-electron chi connectivity index (χ1n) is 6.68. The van der Waals surface area contributed by atoms with Gasteiger partial charge in [-0.15, -0.1) is 0 Å². The van der Waals surface area contributed by atoms with Crippen molar-refractivity contribution >= 4 is 34.8 Å². The molecule has 2 aromatic rings. The number of halogens is 3. The third-order valence-electron chi connectivity index (χ3n) is 3.30. The van der Waals surface area contributed by atoms with Gasteiger partial charge in [0.05, 0.1) is 11.6 Å². The minimum absolute atomic E-state index is 0.173. The lowest BCUT2D eigenvalue weighted by Gasteiger charge is -2.28. The summed E-state index contributed by atoms with van der Waals surface area (Å²) in [6, 6.07) is 8.59. The van der Waals surface area contributed by atoms with E-state index in [1.807, 2.05) is 0 Å². The van der Waals surface area contributed by atoms with Gasteiger partial charge in [0.2, 0.25) is 0 Å². The second-order valence-corrected chi connectivity index (χ2v) is 6.15. The SMILES string of the molecule is [N-]=[N+]=NC[C@H]1COc2cc(Cl)cc(-c3ccc(Cl)cc3Cl)c2O1. The monoisotopic (exact) mass is 369 g/mol. The van der Waals surface area contributed by atoms with Crippen molar-refractivity contribution in [2.45, 2.75) is 6.10 Å². The average molecular weight is 371 g/mol. The van der Waals surface area contributed by atoms with Gasteiger partial charge in [0.1, 0.15) is 12.7 Å². The summed E-state index contributed by atoms with van der Waals surface area (Å²) in [6.07, 6.45) is -0.371. The van der Waals surface area contributed by atoms with Gasteiger partial charge in [0.15, 0.2) is 11.5 Å². The first-order chi connectivity index (χ1) is 11.1. The molecule has 0 saturated carbocycles. The van der Waals surface area contributed by atoms with E-state index in [2.05, 4.69) is 10.0 Å². The van der Waals surface area contributed by atoms with Gasteiger partial charge in [-0.2, -0.15) is 0 Å². The third-order valence-corrected chi connectivity index (χ3v) is 4.06. The minimum atomic E-state index is -0.371. The summed E-state index contributed by atoms with van der Waals surface area (Å²) in [5.74, 6) is 1.04. The van der Waals surface area contributed by atoms with Crippen molar-refractivity contribution in [1.29, 1.82) is 0 Å². The van der Waals surface area contributed by atoms with Crippen molar-refractivity contribution in [3.8, 4) is 22.6 Å². The van der Waals surface area contributed by atoms with E-state index in [-0.39, 0.29) is 19.3 Å². The Morgan fingerprint density at radius 2 is 1.96 bits per heavy atom. The highest BCUT2D eigenvalue weighted by Crippen LogP contribution is 2.45. The Bertz CT molecular complexity index is 807. The Kier molecular flexibility index (Phi) is 4.74. The van der Waals surface area contributed by atoms with Gasteiger partial charge in [0.25, 0.3) is 0 Å². The molecule has 5 nitrogen and oxygen atoms in total. The predicted octanol–water partition coefficient (Wildman–Crippen LogP) is 5.76. The van der Waals surface area contributed by atoms with Crippen molar-refractivity contribution in [2.75, 3.05) is 13.2 Å². The molecule has 1 aliphatic rings. The summed E-state index contributed by atoms with van der Waals surface area (Å²) >= 11 is 18.4. The molecule has 118 valence electrons. The minimum Gasteiger partial charge on any atom is -0.486 e. The highest BCUT2D eigenvalue weighted by atomic mass is 35.5. The number of benzene rings is 2. The standard InChI is InChI=1S/C15H10Cl3N3O2/c16-8-1-2-11(13(18)4-8)12-3-9(17)5-14-15(12)23-10(7-22-14)6-20-21-19/h1-5,10H,6-7H2/t10-/m0/s1. The van der Waals surface area contributed by atoms with Crippen LogP contribution in [0.25, 0.3) is 21.6 Å². The Labute approximate surface area is 147 Å². The number of nitrogens with zero attached hydrogens (tertiary/aromatic N) is 3. The number of rotatable bonds is 3. The molecule has 0 aliphatic carbocycles. The van der Waals surface area contributed by atoms with Crippen LogP contribution in [0.4, 0.5) is 0 Å². The zero-order chi connectivity index (χ0) is 16.4. The van der Waals surface area contributed by atoms with Crippen LogP contribution in [0.1, 0.15) is 0 Å². The Morgan fingerprint density at radius 1 is 1.13 bits per heavy atom. The number of hydrogen-bond acceptors (Lipinski definition) is 3. The van der Waals surface area contributed by atoms with Crippen LogP contribution in [0, 0.1) is 0 Å². The maximum absolute atomic E-state index is 8.44. The van der Waals surface area contributed by atoms with Crippen molar-refractivity contribution < 1.29 is 9.47 Å². The molecule has 0 radical (unpaired) electrons. The molecule has 0 aromatic heterocycles. The molecule has 1 atom stereocenters. The van der Waals surface area contributed by atoms with Crippen LogP contribution in [0.15, 0.2) is 35.4 Å². The Hall–Kier alpha value is -1.78. The Balaban J connectivity index is 2.07. The zero-order valence-corrected chi connectivity index (χ0v) is 13.9. The molecule has 0 spiro atoms. The van der Waals surface area contributed by atoms with Crippen molar-refractivity contribution in [3.05, 3.63) is 55.8 Å². The summed E-state index contributed by atoms with van der Waals surface area (Å²) < 4.78 is 11.6. The highest BCUT2D eigenvalue weighted by molar-refractivity contribution is 6.36. The number of ether oxygens (including phenoxy) is 2. The summed E-state index contributed by atoms with van der Waals surface area (Å²) in [5.41, 5.74) is 9.86. The fourth-order valence-electron chi connectivity index (χ4n) is 2.31. The summed E-state index contributed by atoms with van der Waals surface area (Å²) in [7, 11) is 0. The van der Waals surface area contributed by atoms with Gasteiger partial charge in [-0.25, -0.2) is 0 Å².